The van der Waals surface area contributed by atoms with Crippen LogP contribution in [0.3, 0.4) is 0 Å². The summed E-state index contributed by atoms with van der Waals surface area (Å²) in [6.07, 6.45) is 2.81. The minimum absolute atomic E-state index is 0.185. The number of fused-ring (bicyclic) bond motifs is 2. The van der Waals surface area contributed by atoms with Gasteiger partial charge in [-0.25, -0.2) is 0 Å². The highest BCUT2D eigenvalue weighted by atomic mass is 16.1. The molecule has 150 valence electrons. The van der Waals surface area contributed by atoms with Crippen LogP contribution in [0.15, 0.2) is 48.7 Å². The maximum Gasteiger partial charge on any atom is 0.256 e. The minimum atomic E-state index is -0.185. The summed E-state index contributed by atoms with van der Waals surface area (Å²) in [7, 11) is 3.94. The third kappa shape index (κ3) is 3.53. The Labute approximate surface area is 173 Å². The fraction of sp³-hybridized carbons (Fsp3) is 0.227. The molecule has 0 saturated heterocycles. The molecular weight excluding hydrogens is 378 g/mol. The van der Waals surface area contributed by atoms with Crippen LogP contribution in [0.1, 0.15) is 21.5 Å². The Morgan fingerprint density at radius 2 is 1.90 bits per heavy atom. The number of carbonyl (C=O) groups excluding carboxylic acids is 1. The topological polar surface area (TPSA) is 88.8 Å². The summed E-state index contributed by atoms with van der Waals surface area (Å²) in [5.74, 6) is 0.233. The van der Waals surface area contributed by atoms with Crippen molar-refractivity contribution < 1.29 is 4.79 Å². The van der Waals surface area contributed by atoms with Crippen molar-refractivity contribution in [2.75, 3.05) is 18.9 Å². The van der Waals surface area contributed by atoms with Crippen LogP contribution in [0, 0.1) is 0 Å². The highest BCUT2D eigenvalue weighted by Crippen LogP contribution is 2.23. The summed E-state index contributed by atoms with van der Waals surface area (Å²) in [5.41, 5.74) is 5.61. The van der Waals surface area contributed by atoms with Crippen LogP contribution in [0.2, 0.25) is 0 Å². The predicted molar refractivity (Wildman–Crippen MR) is 114 cm³/mol. The fourth-order valence-electron chi connectivity index (χ4n) is 3.77. The number of anilines is 1. The van der Waals surface area contributed by atoms with E-state index in [0.717, 1.165) is 41.7 Å². The standard InChI is InChI=1S/C22H21N7O/c1-28-8-7-14-9-16(3-4-17(14)12-28)22(30)23-21-11-18-10-15(5-6-19(18)24-26-21)20-13-29(2)27-25-20/h3-6,9-11,13H,7-8,12H2,1-2H3,(H,23,26,30). The lowest BCUT2D eigenvalue weighted by molar-refractivity contribution is 0.102. The molecule has 1 N–H and O–H groups in total. The Morgan fingerprint density at radius 3 is 2.73 bits per heavy atom. The van der Waals surface area contributed by atoms with Crippen LogP contribution in [0.5, 0.6) is 0 Å². The van der Waals surface area contributed by atoms with E-state index in [9.17, 15) is 4.79 Å². The average Bonchev–Trinajstić information content (AvgIpc) is 3.19. The van der Waals surface area contributed by atoms with Gasteiger partial charge >= 0.3 is 0 Å². The summed E-state index contributed by atoms with van der Waals surface area (Å²) in [5, 5.41) is 20.3. The van der Waals surface area contributed by atoms with Crippen molar-refractivity contribution in [3.8, 4) is 11.3 Å². The first kappa shape index (κ1) is 18.4. The van der Waals surface area contributed by atoms with Crippen molar-refractivity contribution in [3.63, 3.8) is 0 Å². The largest absolute Gasteiger partial charge is 0.305 e. The van der Waals surface area contributed by atoms with E-state index in [4.69, 9.17) is 0 Å². The number of likely N-dealkylation sites (N-methyl/N-ethyl adjacent to an activating group) is 1. The van der Waals surface area contributed by atoms with E-state index in [1.54, 1.807) is 4.68 Å². The van der Waals surface area contributed by atoms with E-state index >= 15 is 0 Å². The van der Waals surface area contributed by atoms with E-state index in [2.05, 4.69) is 37.8 Å². The van der Waals surface area contributed by atoms with Gasteiger partial charge in [0, 0.05) is 36.7 Å². The Balaban J connectivity index is 1.40. The predicted octanol–water partition coefficient (Wildman–Crippen LogP) is 2.67. The molecule has 30 heavy (non-hydrogen) atoms. The molecule has 8 heteroatoms. The molecule has 8 nitrogen and oxygen atoms in total. The molecule has 1 aliphatic rings. The van der Waals surface area contributed by atoms with E-state index in [-0.39, 0.29) is 5.91 Å². The highest BCUT2D eigenvalue weighted by Gasteiger charge is 2.16. The Kier molecular flexibility index (Phi) is 4.48. The average molecular weight is 399 g/mol. The van der Waals surface area contributed by atoms with Gasteiger partial charge in [0.25, 0.3) is 5.91 Å². The monoisotopic (exact) mass is 399 g/mol. The first-order valence-corrected chi connectivity index (χ1v) is 9.81. The van der Waals surface area contributed by atoms with Crippen LogP contribution in [0.4, 0.5) is 5.82 Å². The lowest BCUT2D eigenvalue weighted by atomic mass is 9.97. The molecule has 0 saturated carbocycles. The molecule has 5 rings (SSSR count). The number of amides is 1. The van der Waals surface area contributed by atoms with Gasteiger partial charge in [0.1, 0.15) is 5.69 Å². The quantitative estimate of drug-likeness (QED) is 0.570. The lowest BCUT2D eigenvalue weighted by Crippen LogP contribution is -2.27. The second-order valence-corrected chi connectivity index (χ2v) is 7.71. The van der Waals surface area contributed by atoms with Crippen molar-refractivity contribution in [1.29, 1.82) is 0 Å². The summed E-state index contributed by atoms with van der Waals surface area (Å²) in [6, 6.07) is 13.5. The first-order chi connectivity index (χ1) is 14.5. The molecule has 0 atom stereocenters. The normalized spacial score (nSPS) is 13.9. The highest BCUT2D eigenvalue weighted by molar-refractivity contribution is 6.04. The van der Waals surface area contributed by atoms with Gasteiger partial charge in [0.05, 0.1) is 11.7 Å². The van der Waals surface area contributed by atoms with E-state index in [1.165, 1.54) is 11.1 Å². The lowest BCUT2D eigenvalue weighted by Gasteiger charge is -2.25. The SMILES string of the molecule is CN1CCc2cc(C(=O)Nc3cc4cc(-c5cn(C)nn5)ccc4nn3)ccc2C1. The molecule has 0 aliphatic carbocycles. The smallest absolute Gasteiger partial charge is 0.256 e. The van der Waals surface area contributed by atoms with Crippen LogP contribution < -0.4 is 5.32 Å². The third-order valence-electron chi connectivity index (χ3n) is 5.40. The number of aromatic nitrogens is 5. The van der Waals surface area contributed by atoms with E-state index in [1.807, 2.05) is 55.7 Å². The zero-order valence-corrected chi connectivity index (χ0v) is 16.8. The molecule has 0 unspecified atom stereocenters. The van der Waals surface area contributed by atoms with Crippen molar-refractivity contribution in [2.24, 2.45) is 7.05 Å². The summed E-state index contributed by atoms with van der Waals surface area (Å²) in [4.78, 5) is 15.1. The summed E-state index contributed by atoms with van der Waals surface area (Å²) < 4.78 is 1.66. The van der Waals surface area contributed by atoms with Crippen LogP contribution in [0.25, 0.3) is 22.2 Å². The molecule has 2 aromatic heterocycles. The number of hydrogen-bond donors (Lipinski definition) is 1. The van der Waals surface area contributed by atoms with Gasteiger partial charge in [-0.15, -0.1) is 15.3 Å². The molecule has 0 radical (unpaired) electrons. The van der Waals surface area contributed by atoms with Crippen molar-refractivity contribution in [2.45, 2.75) is 13.0 Å². The van der Waals surface area contributed by atoms with Crippen molar-refractivity contribution in [3.05, 3.63) is 65.4 Å². The molecule has 1 aliphatic heterocycles. The molecular formula is C22H21N7O. The Morgan fingerprint density at radius 1 is 1.00 bits per heavy atom. The molecule has 3 heterocycles. The van der Waals surface area contributed by atoms with Gasteiger partial charge < -0.3 is 10.2 Å². The fourth-order valence-corrected chi connectivity index (χ4v) is 3.77. The number of nitrogens with one attached hydrogen (secondary N) is 1. The zero-order valence-electron chi connectivity index (χ0n) is 16.8. The zero-order chi connectivity index (χ0) is 20.7. The number of rotatable bonds is 3. The van der Waals surface area contributed by atoms with Crippen LogP contribution in [-0.4, -0.2) is 49.6 Å². The number of carbonyl (C=O) groups is 1. The minimum Gasteiger partial charge on any atom is -0.305 e. The van der Waals surface area contributed by atoms with Gasteiger partial charge in [-0.3, -0.25) is 9.48 Å². The molecule has 4 aromatic rings. The van der Waals surface area contributed by atoms with E-state index in [0.29, 0.717) is 11.4 Å². The van der Waals surface area contributed by atoms with Crippen molar-refractivity contribution in [1.82, 2.24) is 30.1 Å². The molecule has 0 spiro atoms. The van der Waals surface area contributed by atoms with Gasteiger partial charge in [0.15, 0.2) is 5.82 Å². The molecule has 1 amide bonds. The Bertz CT molecular complexity index is 1260. The molecule has 0 fully saturated rings. The van der Waals surface area contributed by atoms with Crippen LogP contribution in [-0.2, 0) is 20.0 Å². The summed E-state index contributed by atoms with van der Waals surface area (Å²) in [6.45, 7) is 1.92. The van der Waals surface area contributed by atoms with Gasteiger partial charge in [-0.1, -0.05) is 17.3 Å². The van der Waals surface area contributed by atoms with Gasteiger partial charge in [-0.2, -0.15) is 0 Å². The van der Waals surface area contributed by atoms with Crippen LogP contribution >= 0.6 is 0 Å². The second kappa shape index (κ2) is 7.31. The van der Waals surface area contributed by atoms with Crippen molar-refractivity contribution >= 4 is 22.6 Å². The Hall–Kier alpha value is -3.65. The summed E-state index contributed by atoms with van der Waals surface area (Å²) >= 11 is 0. The number of aryl methyl sites for hydroxylation is 1. The third-order valence-corrected chi connectivity index (χ3v) is 5.40. The number of benzene rings is 2. The second-order valence-electron chi connectivity index (χ2n) is 7.71. The number of nitrogens with zero attached hydrogens (tertiary/aromatic N) is 6. The van der Waals surface area contributed by atoms with E-state index < -0.39 is 0 Å². The maximum absolute atomic E-state index is 12.8. The van der Waals surface area contributed by atoms with Gasteiger partial charge in [-0.05, 0) is 54.9 Å². The molecule has 2 aromatic carbocycles. The maximum atomic E-state index is 12.8. The number of hydrogen-bond acceptors (Lipinski definition) is 6. The molecule has 0 bridgehead atoms. The first-order valence-electron chi connectivity index (χ1n) is 9.81. The van der Waals surface area contributed by atoms with Gasteiger partial charge in [0.2, 0.25) is 0 Å².